The van der Waals surface area contributed by atoms with Crippen molar-refractivity contribution < 1.29 is 9.53 Å². The van der Waals surface area contributed by atoms with Crippen LogP contribution in [0.15, 0.2) is 0 Å². The van der Waals surface area contributed by atoms with Gasteiger partial charge in [0, 0.05) is 13.0 Å². The molecule has 0 radical (unpaired) electrons. The number of Topliss-reactive ketones (excluding diaryl/α,β-unsaturated/α-hetero) is 1. The zero-order chi connectivity index (χ0) is 9.10. The molecule has 0 aromatic rings. The summed E-state index contributed by atoms with van der Waals surface area (Å²) in [4.78, 5) is 13.9. The van der Waals surface area contributed by atoms with Gasteiger partial charge in [-0.05, 0) is 25.9 Å². The second kappa shape index (κ2) is 4.20. The average molecular weight is 183 g/mol. The Morgan fingerprint density at radius 3 is 2.85 bits per heavy atom. The van der Waals surface area contributed by atoms with Crippen LogP contribution in [0.1, 0.15) is 19.3 Å². The molecule has 0 amide bonds. The molecule has 1 atom stereocenters. The van der Waals surface area contributed by atoms with Gasteiger partial charge < -0.3 is 9.64 Å². The molecule has 74 valence electrons. The molecule has 0 saturated carbocycles. The lowest BCUT2D eigenvalue weighted by Crippen LogP contribution is -2.37. The first kappa shape index (κ1) is 9.16. The van der Waals surface area contributed by atoms with Crippen molar-refractivity contribution in [2.24, 2.45) is 5.92 Å². The summed E-state index contributed by atoms with van der Waals surface area (Å²) in [6, 6.07) is 0. The number of rotatable bonds is 2. The first-order chi connectivity index (χ1) is 6.36. The lowest BCUT2D eigenvalue weighted by Gasteiger charge is -2.25. The van der Waals surface area contributed by atoms with E-state index >= 15 is 0 Å². The molecule has 3 nitrogen and oxygen atoms in total. The van der Waals surface area contributed by atoms with Crippen LogP contribution in [0.3, 0.4) is 0 Å². The summed E-state index contributed by atoms with van der Waals surface area (Å²) in [6.07, 6.45) is 3.21. The standard InChI is InChI=1S/C10H17NO2/c12-10-3-6-13-8-9(10)7-11-4-1-2-5-11/h9H,1-8H2/t9-/m1/s1. The predicted molar refractivity (Wildman–Crippen MR) is 49.6 cm³/mol. The van der Waals surface area contributed by atoms with Crippen LogP contribution >= 0.6 is 0 Å². The van der Waals surface area contributed by atoms with Gasteiger partial charge in [-0.3, -0.25) is 4.79 Å². The predicted octanol–water partition coefficient (Wildman–Crippen LogP) is 0.688. The maximum absolute atomic E-state index is 11.5. The molecular formula is C10H17NO2. The molecule has 2 aliphatic rings. The van der Waals surface area contributed by atoms with Gasteiger partial charge in [-0.25, -0.2) is 0 Å². The quantitative estimate of drug-likeness (QED) is 0.630. The van der Waals surface area contributed by atoms with Crippen molar-refractivity contribution in [1.29, 1.82) is 0 Å². The highest BCUT2D eigenvalue weighted by Crippen LogP contribution is 2.15. The van der Waals surface area contributed by atoms with Gasteiger partial charge in [0.1, 0.15) is 5.78 Å². The number of nitrogens with zero attached hydrogens (tertiary/aromatic N) is 1. The summed E-state index contributed by atoms with van der Waals surface area (Å²) in [7, 11) is 0. The van der Waals surface area contributed by atoms with Gasteiger partial charge in [-0.1, -0.05) is 0 Å². The lowest BCUT2D eigenvalue weighted by atomic mass is 10.0. The zero-order valence-electron chi connectivity index (χ0n) is 8.00. The number of carbonyl (C=O) groups is 1. The van der Waals surface area contributed by atoms with Crippen LogP contribution in [0.2, 0.25) is 0 Å². The third-order valence-electron chi connectivity index (χ3n) is 2.94. The Hall–Kier alpha value is -0.410. The summed E-state index contributed by atoms with van der Waals surface area (Å²) in [5.41, 5.74) is 0. The van der Waals surface area contributed by atoms with Crippen molar-refractivity contribution >= 4 is 5.78 Å². The minimum absolute atomic E-state index is 0.159. The average Bonchev–Trinajstić information content (AvgIpc) is 2.61. The maximum Gasteiger partial charge on any atom is 0.141 e. The molecule has 2 fully saturated rings. The molecule has 2 rings (SSSR count). The van der Waals surface area contributed by atoms with Crippen molar-refractivity contribution in [2.75, 3.05) is 32.8 Å². The number of likely N-dealkylation sites (tertiary alicyclic amines) is 1. The van der Waals surface area contributed by atoms with E-state index in [1.54, 1.807) is 0 Å². The van der Waals surface area contributed by atoms with E-state index in [-0.39, 0.29) is 5.92 Å². The molecular weight excluding hydrogens is 166 g/mol. The van der Waals surface area contributed by atoms with Gasteiger partial charge in [0.2, 0.25) is 0 Å². The highest BCUT2D eigenvalue weighted by molar-refractivity contribution is 5.82. The van der Waals surface area contributed by atoms with Crippen molar-refractivity contribution in [3.63, 3.8) is 0 Å². The first-order valence-corrected chi connectivity index (χ1v) is 5.19. The number of ketones is 1. The van der Waals surface area contributed by atoms with E-state index in [1.807, 2.05) is 0 Å². The largest absolute Gasteiger partial charge is 0.380 e. The van der Waals surface area contributed by atoms with E-state index in [2.05, 4.69) is 4.90 Å². The van der Waals surface area contributed by atoms with Crippen LogP contribution in [0.25, 0.3) is 0 Å². The van der Waals surface area contributed by atoms with Crippen molar-refractivity contribution in [2.45, 2.75) is 19.3 Å². The SMILES string of the molecule is O=C1CCOC[C@H]1CN1CCCC1. The van der Waals surface area contributed by atoms with Gasteiger partial charge >= 0.3 is 0 Å². The van der Waals surface area contributed by atoms with Crippen LogP contribution in [-0.4, -0.2) is 43.5 Å². The lowest BCUT2D eigenvalue weighted by molar-refractivity contribution is -0.131. The van der Waals surface area contributed by atoms with Gasteiger partial charge in [0.15, 0.2) is 0 Å². The second-order valence-corrected chi connectivity index (χ2v) is 4.00. The van der Waals surface area contributed by atoms with E-state index in [0.717, 1.165) is 6.54 Å². The zero-order valence-corrected chi connectivity index (χ0v) is 8.00. The molecule has 2 saturated heterocycles. The molecule has 0 aliphatic carbocycles. The fourth-order valence-corrected chi connectivity index (χ4v) is 2.13. The Bertz CT molecular complexity index is 187. The molecule has 0 unspecified atom stereocenters. The van der Waals surface area contributed by atoms with Crippen LogP contribution < -0.4 is 0 Å². The first-order valence-electron chi connectivity index (χ1n) is 5.19. The summed E-state index contributed by atoms with van der Waals surface area (Å²) < 4.78 is 5.32. The molecule has 13 heavy (non-hydrogen) atoms. The molecule has 0 aromatic carbocycles. The Morgan fingerprint density at radius 2 is 2.15 bits per heavy atom. The third kappa shape index (κ3) is 2.29. The van der Waals surface area contributed by atoms with Crippen molar-refractivity contribution in [1.82, 2.24) is 4.90 Å². The van der Waals surface area contributed by atoms with Crippen LogP contribution in [0.4, 0.5) is 0 Å². The Labute approximate surface area is 79.0 Å². The molecule has 0 N–H and O–H groups in total. The smallest absolute Gasteiger partial charge is 0.141 e. The van der Waals surface area contributed by atoms with Crippen LogP contribution in [0, 0.1) is 5.92 Å². The maximum atomic E-state index is 11.5. The normalized spacial score (nSPS) is 31.1. The third-order valence-corrected chi connectivity index (χ3v) is 2.94. The van der Waals surface area contributed by atoms with E-state index in [1.165, 1.54) is 25.9 Å². The van der Waals surface area contributed by atoms with E-state index in [9.17, 15) is 4.79 Å². The number of ether oxygens (including phenoxy) is 1. The molecule has 0 aromatic heterocycles. The van der Waals surface area contributed by atoms with E-state index < -0.39 is 0 Å². The molecule has 3 heteroatoms. The molecule has 0 bridgehead atoms. The molecule has 0 spiro atoms. The van der Waals surface area contributed by atoms with Crippen molar-refractivity contribution in [3.05, 3.63) is 0 Å². The minimum Gasteiger partial charge on any atom is -0.380 e. The second-order valence-electron chi connectivity index (χ2n) is 4.00. The Kier molecular flexibility index (Phi) is 2.96. The highest BCUT2D eigenvalue weighted by Gasteiger charge is 2.25. The van der Waals surface area contributed by atoms with Gasteiger partial charge in [0.05, 0.1) is 19.1 Å². The van der Waals surface area contributed by atoms with E-state index in [4.69, 9.17) is 4.74 Å². The highest BCUT2D eigenvalue weighted by atomic mass is 16.5. The van der Waals surface area contributed by atoms with Crippen LogP contribution in [0.5, 0.6) is 0 Å². The van der Waals surface area contributed by atoms with Gasteiger partial charge in [0.25, 0.3) is 0 Å². The Morgan fingerprint density at radius 1 is 1.38 bits per heavy atom. The fraction of sp³-hybridized carbons (Fsp3) is 0.900. The van der Waals surface area contributed by atoms with Gasteiger partial charge in [-0.2, -0.15) is 0 Å². The number of hydrogen-bond acceptors (Lipinski definition) is 3. The topological polar surface area (TPSA) is 29.5 Å². The van der Waals surface area contributed by atoms with Crippen molar-refractivity contribution in [3.8, 4) is 0 Å². The fourth-order valence-electron chi connectivity index (χ4n) is 2.13. The summed E-state index contributed by atoms with van der Waals surface area (Å²) >= 11 is 0. The summed E-state index contributed by atoms with van der Waals surface area (Å²) in [5, 5.41) is 0. The number of carbonyl (C=O) groups excluding carboxylic acids is 1. The van der Waals surface area contributed by atoms with E-state index in [0.29, 0.717) is 25.4 Å². The summed E-state index contributed by atoms with van der Waals surface area (Å²) in [5.74, 6) is 0.560. The molecule has 2 heterocycles. The number of hydrogen-bond donors (Lipinski definition) is 0. The minimum atomic E-state index is 0.159. The summed E-state index contributed by atoms with van der Waals surface area (Å²) in [6.45, 7) is 4.55. The van der Waals surface area contributed by atoms with Gasteiger partial charge in [-0.15, -0.1) is 0 Å². The monoisotopic (exact) mass is 183 g/mol. The van der Waals surface area contributed by atoms with Crippen LogP contribution in [-0.2, 0) is 9.53 Å². The molecule has 2 aliphatic heterocycles. The Balaban J connectivity index is 1.81.